The zero-order valence-electron chi connectivity index (χ0n) is 18.3. The lowest BCUT2D eigenvalue weighted by Gasteiger charge is -2.33. The van der Waals surface area contributed by atoms with E-state index in [0.717, 1.165) is 48.4 Å². The zero-order chi connectivity index (χ0) is 22.6. The average molecular weight is 444 g/mol. The Hall–Kier alpha value is -3.74. The monoisotopic (exact) mass is 443 g/mol. The molecule has 0 radical (unpaired) electrons. The van der Waals surface area contributed by atoms with Crippen LogP contribution in [0.5, 0.6) is 0 Å². The number of aromatic nitrogens is 4. The molecule has 4 heterocycles. The molecule has 0 N–H and O–H groups in total. The fraction of sp³-hybridized carbons (Fsp3) is 0.269. The van der Waals surface area contributed by atoms with Crippen LogP contribution in [0.3, 0.4) is 0 Å². The summed E-state index contributed by atoms with van der Waals surface area (Å²) >= 11 is 0. The van der Waals surface area contributed by atoms with Crippen molar-refractivity contribution in [3.63, 3.8) is 0 Å². The first-order valence-electron chi connectivity index (χ1n) is 11.3. The van der Waals surface area contributed by atoms with Crippen molar-refractivity contribution in [3.8, 4) is 11.3 Å². The van der Waals surface area contributed by atoms with E-state index in [1.807, 2.05) is 35.2 Å². The summed E-state index contributed by atoms with van der Waals surface area (Å²) < 4.78 is 17.4. The third-order valence-corrected chi connectivity index (χ3v) is 6.29. The second-order valence-electron chi connectivity index (χ2n) is 8.46. The molecule has 33 heavy (non-hydrogen) atoms. The van der Waals surface area contributed by atoms with Gasteiger partial charge in [0.25, 0.3) is 0 Å². The van der Waals surface area contributed by atoms with E-state index in [-0.39, 0.29) is 18.3 Å². The van der Waals surface area contributed by atoms with Crippen molar-refractivity contribution >= 4 is 5.91 Å². The second kappa shape index (κ2) is 9.40. The van der Waals surface area contributed by atoms with E-state index < -0.39 is 0 Å². The number of likely N-dealkylation sites (tertiary alicyclic amines) is 1. The molecule has 0 saturated carbocycles. The van der Waals surface area contributed by atoms with Gasteiger partial charge in [-0.3, -0.25) is 14.5 Å². The minimum atomic E-state index is -0.261. The standard InChI is InChI=1S/C26H26FN5O/c27-22-5-3-20(4-6-22)17-24-18-25(21-7-11-28-12-8-21)29-32(24)19-26(33)31-15-9-23(10-16-31)30-13-1-2-14-30/h1-8,11-14,18,23H,9-10,15-17,19H2. The highest BCUT2D eigenvalue weighted by atomic mass is 19.1. The number of pyridine rings is 1. The van der Waals surface area contributed by atoms with E-state index in [1.54, 1.807) is 29.2 Å². The van der Waals surface area contributed by atoms with Crippen LogP contribution in [0.1, 0.15) is 30.1 Å². The molecule has 0 atom stereocenters. The highest BCUT2D eigenvalue weighted by molar-refractivity contribution is 5.76. The molecule has 1 aliphatic heterocycles. The van der Waals surface area contributed by atoms with Crippen LogP contribution < -0.4 is 0 Å². The first kappa shape index (κ1) is 21.1. The molecule has 168 valence electrons. The zero-order valence-corrected chi connectivity index (χ0v) is 18.3. The molecular weight excluding hydrogens is 417 g/mol. The van der Waals surface area contributed by atoms with E-state index in [0.29, 0.717) is 12.5 Å². The van der Waals surface area contributed by atoms with Gasteiger partial charge in [-0.2, -0.15) is 5.10 Å². The van der Waals surface area contributed by atoms with Crippen LogP contribution in [0.4, 0.5) is 4.39 Å². The molecule has 0 bridgehead atoms. The van der Waals surface area contributed by atoms with E-state index in [4.69, 9.17) is 5.10 Å². The summed E-state index contributed by atoms with van der Waals surface area (Å²) in [4.78, 5) is 19.2. The molecule has 4 aromatic rings. The largest absolute Gasteiger partial charge is 0.351 e. The Kier molecular flexibility index (Phi) is 6.02. The van der Waals surface area contributed by atoms with Gasteiger partial charge in [0.05, 0.1) is 5.69 Å². The van der Waals surface area contributed by atoms with Gasteiger partial charge in [0, 0.05) is 61.6 Å². The third-order valence-electron chi connectivity index (χ3n) is 6.29. The molecule has 5 rings (SSSR count). The first-order chi connectivity index (χ1) is 16.2. The highest BCUT2D eigenvalue weighted by Crippen LogP contribution is 2.24. The van der Waals surface area contributed by atoms with Crippen LogP contribution in [-0.2, 0) is 17.8 Å². The van der Waals surface area contributed by atoms with Gasteiger partial charge in [-0.1, -0.05) is 12.1 Å². The summed E-state index contributed by atoms with van der Waals surface area (Å²) in [6.07, 6.45) is 10.1. The minimum Gasteiger partial charge on any atom is -0.351 e. The predicted molar refractivity (Wildman–Crippen MR) is 124 cm³/mol. The van der Waals surface area contributed by atoms with E-state index in [1.165, 1.54) is 12.1 Å². The maximum absolute atomic E-state index is 13.4. The maximum atomic E-state index is 13.4. The van der Waals surface area contributed by atoms with Gasteiger partial charge in [0.15, 0.2) is 0 Å². The normalized spacial score (nSPS) is 14.5. The Balaban J connectivity index is 1.33. The lowest BCUT2D eigenvalue weighted by Crippen LogP contribution is -2.40. The molecule has 0 unspecified atom stereocenters. The molecule has 0 spiro atoms. The quantitative estimate of drug-likeness (QED) is 0.446. The molecule has 1 amide bonds. The Morgan fingerprint density at radius 2 is 1.70 bits per heavy atom. The average Bonchev–Trinajstić information content (AvgIpc) is 3.52. The van der Waals surface area contributed by atoms with Crippen LogP contribution in [0, 0.1) is 5.82 Å². The Morgan fingerprint density at radius 3 is 2.39 bits per heavy atom. The fourth-order valence-corrected chi connectivity index (χ4v) is 4.44. The number of amides is 1. The first-order valence-corrected chi connectivity index (χ1v) is 11.3. The van der Waals surface area contributed by atoms with Crippen LogP contribution in [0.25, 0.3) is 11.3 Å². The number of rotatable bonds is 6. The predicted octanol–water partition coefficient (Wildman–Crippen LogP) is 4.34. The number of hydrogen-bond donors (Lipinski definition) is 0. The van der Waals surface area contributed by atoms with Gasteiger partial charge in [0.2, 0.25) is 5.91 Å². The molecule has 3 aromatic heterocycles. The summed E-state index contributed by atoms with van der Waals surface area (Å²) in [7, 11) is 0. The van der Waals surface area contributed by atoms with E-state index in [9.17, 15) is 9.18 Å². The number of piperidine rings is 1. The molecule has 1 aliphatic rings. The Bertz CT molecular complexity index is 1190. The molecule has 7 heteroatoms. The maximum Gasteiger partial charge on any atom is 0.244 e. The van der Waals surface area contributed by atoms with Crippen molar-refractivity contribution in [2.45, 2.75) is 31.8 Å². The molecule has 1 saturated heterocycles. The SMILES string of the molecule is O=C(Cn1nc(-c2ccncc2)cc1Cc1ccc(F)cc1)N1CCC(n2cccc2)CC1. The number of benzene rings is 1. The van der Waals surface area contributed by atoms with Crippen LogP contribution in [0.2, 0.25) is 0 Å². The number of carbonyl (C=O) groups is 1. The number of hydrogen-bond acceptors (Lipinski definition) is 3. The topological polar surface area (TPSA) is 56.0 Å². The highest BCUT2D eigenvalue weighted by Gasteiger charge is 2.24. The van der Waals surface area contributed by atoms with Crippen molar-refractivity contribution in [1.29, 1.82) is 0 Å². The number of nitrogens with zero attached hydrogens (tertiary/aromatic N) is 5. The summed E-state index contributed by atoms with van der Waals surface area (Å²) in [6, 6.07) is 16.8. The van der Waals surface area contributed by atoms with Gasteiger partial charge in [0.1, 0.15) is 12.4 Å². The lowest BCUT2D eigenvalue weighted by atomic mass is 10.0. The molecule has 0 aliphatic carbocycles. The van der Waals surface area contributed by atoms with Crippen molar-refractivity contribution in [2.75, 3.05) is 13.1 Å². The Morgan fingerprint density at radius 1 is 1.00 bits per heavy atom. The van der Waals surface area contributed by atoms with Crippen LogP contribution in [-0.4, -0.2) is 43.2 Å². The van der Waals surface area contributed by atoms with Gasteiger partial charge in [-0.05, 0) is 60.9 Å². The van der Waals surface area contributed by atoms with Crippen LogP contribution in [0.15, 0.2) is 79.4 Å². The fourth-order valence-electron chi connectivity index (χ4n) is 4.44. The van der Waals surface area contributed by atoms with Gasteiger partial charge < -0.3 is 9.47 Å². The molecule has 1 aromatic carbocycles. The Labute approximate surface area is 192 Å². The van der Waals surface area contributed by atoms with Gasteiger partial charge in [-0.15, -0.1) is 0 Å². The lowest BCUT2D eigenvalue weighted by molar-refractivity contribution is -0.133. The number of carbonyl (C=O) groups excluding carboxylic acids is 1. The van der Waals surface area contributed by atoms with Crippen molar-refractivity contribution < 1.29 is 9.18 Å². The molecular formula is C26H26FN5O. The van der Waals surface area contributed by atoms with E-state index >= 15 is 0 Å². The summed E-state index contributed by atoms with van der Waals surface area (Å²) in [5.41, 5.74) is 3.64. The summed E-state index contributed by atoms with van der Waals surface area (Å²) in [5.74, 6) is -0.186. The molecule has 6 nitrogen and oxygen atoms in total. The number of halogens is 1. The van der Waals surface area contributed by atoms with Crippen molar-refractivity contribution in [2.24, 2.45) is 0 Å². The van der Waals surface area contributed by atoms with Crippen LogP contribution >= 0.6 is 0 Å². The smallest absolute Gasteiger partial charge is 0.244 e. The van der Waals surface area contributed by atoms with Crippen molar-refractivity contribution in [1.82, 2.24) is 24.2 Å². The molecule has 1 fully saturated rings. The summed E-state index contributed by atoms with van der Waals surface area (Å²) in [6.45, 7) is 1.68. The third kappa shape index (κ3) is 4.87. The van der Waals surface area contributed by atoms with Gasteiger partial charge in [-0.25, -0.2) is 4.39 Å². The van der Waals surface area contributed by atoms with E-state index in [2.05, 4.69) is 21.9 Å². The minimum absolute atomic E-state index is 0.0747. The van der Waals surface area contributed by atoms with Gasteiger partial charge >= 0.3 is 0 Å². The van der Waals surface area contributed by atoms with Crippen molar-refractivity contribution in [3.05, 3.63) is 96.5 Å². The second-order valence-corrected chi connectivity index (χ2v) is 8.46. The summed E-state index contributed by atoms with van der Waals surface area (Å²) in [5, 5.41) is 4.75.